The number of benzene rings is 3. The molecule has 142 valence electrons. The largest absolute Gasteiger partial charge is 0.507 e. The first-order valence-corrected chi connectivity index (χ1v) is 9.78. The van der Waals surface area contributed by atoms with Crippen LogP contribution in [-0.4, -0.2) is 20.6 Å². The third-order valence-electron chi connectivity index (χ3n) is 5.44. The maximum Gasteiger partial charge on any atom is 0.159 e. The number of hydrogen-bond acceptors (Lipinski definition) is 3. The number of nitrogens with zero attached hydrogens (tertiary/aromatic N) is 3. The molecule has 0 saturated heterocycles. The average Bonchev–Trinajstić information content (AvgIpc) is 3.10. The molecule has 0 radical (unpaired) electrons. The third kappa shape index (κ3) is 3.03. The number of aromatic hydroxyl groups is 1. The van der Waals surface area contributed by atoms with Gasteiger partial charge in [-0.15, -0.1) is 0 Å². The van der Waals surface area contributed by atoms with Crippen LogP contribution in [0, 0.1) is 6.92 Å². The van der Waals surface area contributed by atoms with Crippen LogP contribution >= 0.6 is 0 Å². The van der Waals surface area contributed by atoms with E-state index in [-0.39, 0.29) is 11.8 Å². The Kier molecular flexibility index (Phi) is 4.24. The summed E-state index contributed by atoms with van der Waals surface area (Å²) in [5.74, 6) is 1.09. The SMILES string of the molecule is Cc1nn2c(c1-c1ccccc1)N=C(c1ccccc1O)C[C@@H]2c1ccccc1. The Balaban J connectivity index is 1.75. The van der Waals surface area contributed by atoms with Crippen molar-refractivity contribution in [3.05, 3.63) is 102 Å². The van der Waals surface area contributed by atoms with Crippen molar-refractivity contribution < 1.29 is 5.11 Å². The quantitative estimate of drug-likeness (QED) is 0.498. The van der Waals surface area contributed by atoms with Crippen molar-refractivity contribution in [2.75, 3.05) is 0 Å². The van der Waals surface area contributed by atoms with Crippen LogP contribution in [0.3, 0.4) is 0 Å². The zero-order valence-corrected chi connectivity index (χ0v) is 16.2. The van der Waals surface area contributed by atoms with E-state index < -0.39 is 0 Å². The van der Waals surface area contributed by atoms with Crippen LogP contribution in [0.25, 0.3) is 11.1 Å². The maximum absolute atomic E-state index is 10.5. The van der Waals surface area contributed by atoms with Gasteiger partial charge in [0.2, 0.25) is 0 Å². The molecule has 1 aliphatic rings. The third-order valence-corrected chi connectivity index (χ3v) is 5.44. The van der Waals surface area contributed by atoms with Gasteiger partial charge in [0.15, 0.2) is 5.82 Å². The van der Waals surface area contributed by atoms with Crippen molar-refractivity contribution in [2.45, 2.75) is 19.4 Å². The van der Waals surface area contributed by atoms with Crippen molar-refractivity contribution in [3.8, 4) is 16.9 Å². The predicted molar refractivity (Wildman–Crippen MR) is 116 cm³/mol. The summed E-state index contributed by atoms with van der Waals surface area (Å²) in [6.45, 7) is 2.03. The number of para-hydroxylation sites is 1. The number of fused-ring (bicyclic) bond motifs is 1. The van der Waals surface area contributed by atoms with Gasteiger partial charge in [0.05, 0.1) is 17.4 Å². The molecule has 0 fully saturated rings. The van der Waals surface area contributed by atoms with E-state index in [1.807, 2.05) is 54.1 Å². The van der Waals surface area contributed by atoms with Crippen molar-refractivity contribution in [1.29, 1.82) is 0 Å². The second-order valence-corrected chi connectivity index (χ2v) is 7.30. The fourth-order valence-electron chi connectivity index (χ4n) is 4.07. The highest BCUT2D eigenvalue weighted by atomic mass is 16.3. The Morgan fingerprint density at radius 2 is 1.52 bits per heavy atom. The van der Waals surface area contributed by atoms with E-state index in [2.05, 4.69) is 36.4 Å². The van der Waals surface area contributed by atoms with E-state index in [1.54, 1.807) is 6.07 Å². The van der Waals surface area contributed by atoms with E-state index in [4.69, 9.17) is 10.1 Å². The molecule has 2 heterocycles. The molecule has 1 aromatic heterocycles. The lowest BCUT2D eigenvalue weighted by Gasteiger charge is -2.25. The lowest BCUT2D eigenvalue weighted by atomic mass is 9.95. The first-order chi connectivity index (χ1) is 14.2. The summed E-state index contributed by atoms with van der Waals surface area (Å²) in [4.78, 5) is 5.01. The fourth-order valence-corrected chi connectivity index (χ4v) is 4.07. The summed E-state index contributed by atoms with van der Waals surface area (Å²) < 4.78 is 2.04. The molecule has 0 aliphatic carbocycles. The van der Waals surface area contributed by atoms with Gasteiger partial charge in [-0.3, -0.25) is 0 Å². The molecule has 1 aliphatic heterocycles. The summed E-state index contributed by atoms with van der Waals surface area (Å²) in [6.07, 6.45) is 0.671. The number of hydrogen-bond donors (Lipinski definition) is 1. The molecule has 0 unspecified atom stereocenters. The molecule has 4 heteroatoms. The first-order valence-electron chi connectivity index (χ1n) is 9.78. The number of rotatable bonds is 3. The number of phenols is 1. The molecular weight excluding hydrogens is 358 g/mol. The van der Waals surface area contributed by atoms with Gasteiger partial charge >= 0.3 is 0 Å². The van der Waals surface area contributed by atoms with Gasteiger partial charge < -0.3 is 5.11 Å². The monoisotopic (exact) mass is 379 g/mol. The maximum atomic E-state index is 10.5. The van der Waals surface area contributed by atoms with E-state index in [1.165, 1.54) is 5.56 Å². The summed E-state index contributed by atoms with van der Waals surface area (Å²) in [5, 5.41) is 15.3. The lowest BCUT2D eigenvalue weighted by molar-refractivity contribution is 0.472. The molecular formula is C25H21N3O. The Hall–Kier alpha value is -3.66. The van der Waals surface area contributed by atoms with E-state index in [0.29, 0.717) is 6.42 Å². The zero-order valence-electron chi connectivity index (χ0n) is 16.2. The molecule has 0 spiro atoms. The van der Waals surface area contributed by atoms with Crippen LogP contribution in [-0.2, 0) is 0 Å². The number of phenolic OH excluding ortho intramolecular Hbond substituents is 1. The molecule has 4 nitrogen and oxygen atoms in total. The zero-order chi connectivity index (χ0) is 19.8. The number of aryl methyl sites for hydroxylation is 1. The lowest BCUT2D eigenvalue weighted by Crippen LogP contribution is -2.21. The van der Waals surface area contributed by atoms with Crippen LogP contribution in [0.5, 0.6) is 5.75 Å². The Bertz CT molecular complexity index is 1190. The minimum absolute atomic E-state index is 0.0227. The van der Waals surface area contributed by atoms with Gasteiger partial charge in [-0.2, -0.15) is 5.10 Å². The molecule has 4 aromatic rings. The van der Waals surface area contributed by atoms with Crippen LogP contribution in [0.4, 0.5) is 5.82 Å². The molecule has 1 N–H and O–H groups in total. The number of aliphatic imine (C=N–C) groups is 1. The Morgan fingerprint density at radius 3 is 2.24 bits per heavy atom. The van der Waals surface area contributed by atoms with Crippen LogP contribution in [0.15, 0.2) is 89.9 Å². The van der Waals surface area contributed by atoms with Gasteiger partial charge in [0, 0.05) is 17.5 Å². The molecule has 3 aromatic carbocycles. The normalized spacial score (nSPS) is 15.6. The Morgan fingerprint density at radius 1 is 0.862 bits per heavy atom. The highest BCUT2D eigenvalue weighted by Crippen LogP contribution is 2.42. The van der Waals surface area contributed by atoms with Gasteiger partial charge in [0.25, 0.3) is 0 Å². The van der Waals surface area contributed by atoms with Crippen LogP contribution in [0.1, 0.15) is 29.3 Å². The van der Waals surface area contributed by atoms with E-state index in [0.717, 1.165) is 33.9 Å². The highest BCUT2D eigenvalue weighted by molar-refractivity contribution is 6.06. The molecule has 1 atom stereocenters. The topological polar surface area (TPSA) is 50.4 Å². The summed E-state index contributed by atoms with van der Waals surface area (Å²) >= 11 is 0. The fraction of sp³-hybridized carbons (Fsp3) is 0.120. The van der Waals surface area contributed by atoms with Crippen LogP contribution < -0.4 is 0 Å². The number of aromatic nitrogens is 2. The summed E-state index contributed by atoms with van der Waals surface area (Å²) in [6, 6.07) is 28.1. The van der Waals surface area contributed by atoms with Crippen molar-refractivity contribution >= 4 is 11.5 Å². The molecule has 0 amide bonds. The predicted octanol–water partition coefficient (Wildman–Crippen LogP) is 5.68. The van der Waals surface area contributed by atoms with Gasteiger partial charge in [-0.1, -0.05) is 72.8 Å². The second kappa shape index (κ2) is 7.06. The Labute approximate surface area is 169 Å². The van der Waals surface area contributed by atoms with E-state index in [9.17, 15) is 5.11 Å². The van der Waals surface area contributed by atoms with Gasteiger partial charge in [-0.25, -0.2) is 9.67 Å². The minimum Gasteiger partial charge on any atom is -0.507 e. The highest BCUT2D eigenvalue weighted by Gasteiger charge is 2.30. The van der Waals surface area contributed by atoms with Gasteiger partial charge in [-0.05, 0) is 30.2 Å². The molecule has 0 saturated carbocycles. The molecule has 5 rings (SSSR count). The molecule has 0 bridgehead atoms. The standard InChI is InChI=1S/C25H21N3O/c1-17-24(19-12-6-3-7-13-19)25-26-21(20-14-8-9-15-23(20)29)16-22(28(25)27-17)18-10-4-2-5-11-18/h2-15,22,29H,16H2,1H3/t22-/m1/s1. The summed E-state index contributed by atoms with van der Waals surface area (Å²) in [7, 11) is 0. The van der Waals surface area contributed by atoms with Crippen molar-refractivity contribution in [2.24, 2.45) is 4.99 Å². The summed E-state index contributed by atoms with van der Waals surface area (Å²) in [5.41, 5.74) is 5.92. The van der Waals surface area contributed by atoms with Crippen molar-refractivity contribution in [3.63, 3.8) is 0 Å². The smallest absolute Gasteiger partial charge is 0.159 e. The van der Waals surface area contributed by atoms with Gasteiger partial charge in [0.1, 0.15) is 5.75 Å². The van der Waals surface area contributed by atoms with Crippen LogP contribution in [0.2, 0.25) is 0 Å². The second-order valence-electron chi connectivity index (χ2n) is 7.30. The van der Waals surface area contributed by atoms with E-state index >= 15 is 0 Å². The average molecular weight is 379 g/mol. The molecule has 29 heavy (non-hydrogen) atoms. The first kappa shape index (κ1) is 17.4. The van der Waals surface area contributed by atoms with Crippen molar-refractivity contribution in [1.82, 2.24) is 9.78 Å². The minimum atomic E-state index is 0.0227.